The van der Waals surface area contributed by atoms with Crippen molar-refractivity contribution >= 4 is 18.4 Å². The van der Waals surface area contributed by atoms with Gasteiger partial charge < -0.3 is 10.0 Å². The highest BCUT2D eigenvalue weighted by atomic mass is 19.1. The smallest absolute Gasteiger partial charge is 0.255 e. The zero-order valence-corrected chi connectivity index (χ0v) is 17.4. The first-order chi connectivity index (χ1) is 14.3. The van der Waals surface area contributed by atoms with E-state index >= 15 is 0 Å². The van der Waals surface area contributed by atoms with Crippen molar-refractivity contribution in [3.63, 3.8) is 0 Å². The summed E-state index contributed by atoms with van der Waals surface area (Å²) in [6.07, 6.45) is 9.63. The number of aliphatic imine (C=N–C) groups is 1. The van der Waals surface area contributed by atoms with Crippen molar-refractivity contribution in [3.8, 4) is 5.88 Å². The van der Waals surface area contributed by atoms with Crippen molar-refractivity contribution < 1.29 is 19.1 Å². The molecule has 0 fully saturated rings. The number of aromatic nitrogens is 1. The molecule has 1 aliphatic rings. The van der Waals surface area contributed by atoms with Crippen LogP contribution < -0.4 is 0 Å². The molecule has 1 amide bonds. The van der Waals surface area contributed by atoms with E-state index in [1.807, 2.05) is 13.0 Å². The van der Waals surface area contributed by atoms with E-state index in [0.29, 0.717) is 22.3 Å². The highest BCUT2D eigenvalue weighted by molar-refractivity contribution is 6.16. The molecule has 0 aliphatic carbocycles. The number of halogens is 1. The molecule has 6 nitrogen and oxygen atoms in total. The molecule has 2 rings (SSSR count). The number of hydrogen-bond donors (Lipinski definition) is 1. The molecule has 1 aromatic heterocycles. The van der Waals surface area contributed by atoms with Gasteiger partial charge in [0, 0.05) is 35.5 Å². The maximum Gasteiger partial charge on any atom is 0.255 e. The average Bonchev–Trinajstić information content (AvgIpc) is 3.07. The van der Waals surface area contributed by atoms with Crippen LogP contribution in [0.4, 0.5) is 4.39 Å². The van der Waals surface area contributed by atoms with Gasteiger partial charge in [-0.25, -0.2) is 4.98 Å². The fraction of sp³-hybridized carbons (Fsp3) is 0.304. The summed E-state index contributed by atoms with van der Waals surface area (Å²) in [5.74, 6) is -0.762. The van der Waals surface area contributed by atoms with Gasteiger partial charge in [-0.05, 0) is 50.8 Å². The number of aromatic hydroxyl groups is 1. The standard InChI is InChI=1S/C23H26FN3O3/c1-5-6-7-15(2)21(28)20-14-27(23(30)19(20)9-11-25-4)16(3)18-12-17(8-10-24)22(29)26-13-18/h5-7,9,11-13,16H,4,8,10,14H2,1-3H3,(H,26,29)/b6-5-,11-9-,15-7+. The van der Waals surface area contributed by atoms with Crippen molar-refractivity contribution in [1.82, 2.24) is 9.88 Å². The van der Waals surface area contributed by atoms with Gasteiger partial charge in [0.25, 0.3) is 5.91 Å². The van der Waals surface area contributed by atoms with Crippen molar-refractivity contribution in [2.75, 3.05) is 13.2 Å². The molecule has 0 aromatic carbocycles. The number of allylic oxidation sites excluding steroid dienone is 4. The Bertz CT molecular complexity index is 960. The van der Waals surface area contributed by atoms with Gasteiger partial charge in [0.1, 0.15) is 0 Å². The third-order valence-electron chi connectivity index (χ3n) is 4.94. The van der Waals surface area contributed by atoms with Crippen LogP contribution in [0.2, 0.25) is 0 Å². The molecule has 0 bridgehead atoms. The molecule has 0 saturated carbocycles. The Kier molecular flexibility index (Phi) is 7.98. The van der Waals surface area contributed by atoms with Gasteiger partial charge in [0.2, 0.25) is 5.88 Å². The van der Waals surface area contributed by atoms with Gasteiger partial charge in [-0.3, -0.25) is 19.0 Å². The van der Waals surface area contributed by atoms with Crippen molar-refractivity contribution in [3.05, 3.63) is 70.6 Å². The van der Waals surface area contributed by atoms with Gasteiger partial charge in [-0.2, -0.15) is 0 Å². The third-order valence-corrected chi connectivity index (χ3v) is 4.94. The number of rotatable bonds is 9. The Labute approximate surface area is 175 Å². The van der Waals surface area contributed by atoms with E-state index in [1.165, 1.54) is 18.5 Å². The summed E-state index contributed by atoms with van der Waals surface area (Å²) in [4.78, 5) is 35.2. The van der Waals surface area contributed by atoms with Crippen molar-refractivity contribution in [2.45, 2.75) is 33.2 Å². The number of carbonyl (C=O) groups excluding carboxylic acids is 2. The van der Waals surface area contributed by atoms with Crippen LogP contribution in [-0.4, -0.2) is 46.6 Å². The normalized spacial score (nSPS) is 16.2. The van der Waals surface area contributed by atoms with Crippen LogP contribution in [0.1, 0.15) is 37.9 Å². The summed E-state index contributed by atoms with van der Waals surface area (Å²) in [5, 5.41) is 9.80. The van der Waals surface area contributed by atoms with Crippen LogP contribution >= 0.6 is 0 Å². The molecule has 1 aliphatic heterocycles. The largest absolute Gasteiger partial charge is 0.493 e. The summed E-state index contributed by atoms with van der Waals surface area (Å²) in [5.41, 5.74) is 2.17. The van der Waals surface area contributed by atoms with Crippen LogP contribution in [-0.2, 0) is 16.0 Å². The van der Waals surface area contributed by atoms with E-state index in [0.717, 1.165) is 0 Å². The number of ketones is 1. The number of pyridine rings is 1. The molecule has 1 aromatic rings. The third kappa shape index (κ3) is 4.97. The SMILES string of the molecule is C=N/C=C\C1=C(C(=O)/C(C)=C/C=C\C)CN(C(C)c2cnc(O)c(CCF)c2)C1=O. The number of hydrogen-bond acceptors (Lipinski definition) is 5. The zero-order chi connectivity index (χ0) is 22.3. The first-order valence-corrected chi connectivity index (χ1v) is 9.60. The number of alkyl halides is 1. The first-order valence-electron chi connectivity index (χ1n) is 9.60. The molecule has 7 heteroatoms. The van der Waals surface area contributed by atoms with Gasteiger partial charge >= 0.3 is 0 Å². The highest BCUT2D eigenvalue weighted by Gasteiger charge is 2.36. The second-order valence-electron chi connectivity index (χ2n) is 6.89. The lowest BCUT2D eigenvalue weighted by Gasteiger charge is -2.25. The monoisotopic (exact) mass is 411 g/mol. The Morgan fingerprint density at radius 1 is 1.50 bits per heavy atom. The molecule has 0 saturated heterocycles. The minimum absolute atomic E-state index is 0.0310. The molecule has 0 spiro atoms. The zero-order valence-electron chi connectivity index (χ0n) is 17.4. The quantitative estimate of drug-likeness (QED) is 0.381. The summed E-state index contributed by atoms with van der Waals surface area (Å²) < 4.78 is 12.7. The summed E-state index contributed by atoms with van der Waals surface area (Å²) in [7, 11) is 0. The minimum Gasteiger partial charge on any atom is -0.493 e. The summed E-state index contributed by atoms with van der Waals surface area (Å²) >= 11 is 0. The Balaban J connectivity index is 2.40. The predicted octanol–water partition coefficient (Wildman–Crippen LogP) is 3.80. The molecule has 30 heavy (non-hydrogen) atoms. The molecule has 2 heterocycles. The highest BCUT2D eigenvalue weighted by Crippen LogP contribution is 2.32. The van der Waals surface area contributed by atoms with E-state index in [-0.39, 0.29) is 36.1 Å². The number of amides is 1. The van der Waals surface area contributed by atoms with Gasteiger partial charge in [0.05, 0.1) is 19.3 Å². The van der Waals surface area contributed by atoms with E-state index in [9.17, 15) is 19.1 Å². The molecule has 158 valence electrons. The van der Waals surface area contributed by atoms with E-state index in [1.54, 1.807) is 37.0 Å². The summed E-state index contributed by atoms with van der Waals surface area (Å²) in [6.45, 7) is 8.22. The number of nitrogens with zero attached hydrogens (tertiary/aromatic N) is 3. The molecule has 1 N–H and O–H groups in total. The lowest BCUT2D eigenvalue weighted by Crippen LogP contribution is -2.30. The van der Waals surface area contributed by atoms with Gasteiger partial charge in [0.15, 0.2) is 5.78 Å². The van der Waals surface area contributed by atoms with E-state index < -0.39 is 12.7 Å². The maximum atomic E-state index is 13.1. The van der Waals surface area contributed by atoms with Crippen LogP contribution in [0.3, 0.4) is 0 Å². The number of carbonyl (C=O) groups is 2. The van der Waals surface area contributed by atoms with Crippen LogP contribution in [0.25, 0.3) is 0 Å². The molecular weight excluding hydrogens is 385 g/mol. The molecule has 0 radical (unpaired) electrons. The number of aryl methyl sites for hydroxylation is 1. The summed E-state index contributed by atoms with van der Waals surface area (Å²) in [6, 6.07) is 1.20. The van der Waals surface area contributed by atoms with Crippen LogP contribution in [0.15, 0.2) is 64.5 Å². The Morgan fingerprint density at radius 3 is 2.87 bits per heavy atom. The van der Waals surface area contributed by atoms with Gasteiger partial charge in [-0.1, -0.05) is 18.2 Å². The van der Waals surface area contributed by atoms with Crippen molar-refractivity contribution in [2.24, 2.45) is 4.99 Å². The van der Waals surface area contributed by atoms with Crippen LogP contribution in [0, 0.1) is 0 Å². The minimum atomic E-state index is -0.628. The maximum absolute atomic E-state index is 13.1. The predicted molar refractivity (Wildman–Crippen MR) is 115 cm³/mol. The Hall–Kier alpha value is -3.35. The van der Waals surface area contributed by atoms with E-state index in [4.69, 9.17) is 0 Å². The lowest BCUT2D eigenvalue weighted by atomic mass is 10.0. The fourth-order valence-electron chi connectivity index (χ4n) is 3.19. The topological polar surface area (TPSA) is 82.9 Å². The van der Waals surface area contributed by atoms with Crippen LogP contribution in [0.5, 0.6) is 5.88 Å². The lowest BCUT2D eigenvalue weighted by molar-refractivity contribution is -0.127. The van der Waals surface area contributed by atoms with E-state index in [2.05, 4.69) is 16.7 Å². The number of Topliss-reactive ketones (excluding diaryl/α,β-unsaturated/α-hetero) is 1. The molecule has 1 unspecified atom stereocenters. The first kappa shape index (κ1) is 22.9. The Morgan fingerprint density at radius 2 is 2.23 bits per heavy atom. The van der Waals surface area contributed by atoms with Crippen molar-refractivity contribution in [1.29, 1.82) is 0 Å². The average molecular weight is 411 g/mol. The fourth-order valence-corrected chi connectivity index (χ4v) is 3.19. The van der Waals surface area contributed by atoms with Gasteiger partial charge in [-0.15, -0.1) is 0 Å². The second kappa shape index (κ2) is 10.4. The molecule has 1 atom stereocenters. The molecular formula is C23H26FN3O3. The second-order valence-corrected chi connectivity index (χ2v) is 6.89.